The van der Waals surface area contributed by atoms with Gasteiger partial charge in [-0.2, -0.15) is 0 Å². The van der Waals surface area contributed by atoms with E-state index in [2.05, 4.69) is 0 Å². The van der Waals surface area contributed by atoms with Gasteiger partial charge in [0.2, 0.25) is 11.8 Å². The molecule has 21 heavy (non-hydrogen) atoms. The number of fused-ring (bicyclic) bond motifs is 2. The van der Waals surface area contributed by atoms with Crippen LogP contribution >= 0.6 is 0 Å². The maximum absolute atomic E-state index is 12.6. The molecule has 4 atom stereocenters. The number of amides is 2. The summed E-state index contributed by atoms with van der Waals surface area (Å²) in [6.07, 6.45) is 3.60. The van der Waals surface area contributed by atoms with Gasteiger partial charge in [0.1, 0.15) is 5.92 Å². The molecule has 114 valence electrons. The molecule has 3 N–H and O–H groups in total. The molecule has 3 heterocycles. The average Bonchev–Trinajstić information content (AvgIpc) is 3.07. The highest BCUT2D eigenvalue weighted by Gasteiger charge is 2.54. The highest BCUT2D eigenvalue weighted by atomic mass is 16.5. The Labute approximate surface area is 121 Å². The molecule has 4 unspecified atom stereocenters. The Morgan fingerprint density at radius 1 is 1.10 bits per heavy atom. The van der Waals surface area contributed by atoms with Crippen molar-refractivity contribution in [2.24, 2.45) is 23.5 Å². The van der Waals surface area contributed by atoms with Crippen LogP contribution < -0.4 is 5.73 Å². The van der Waals surface area contributed by atoms with Gasteiger partial charge in [0.05, 0.1) is 18.1 Å². The van der Waals surface area contributed by atoms with Crippen molar-refractivity contribution in [3.63, 3.8) is 0 Å². The van der Waals surface area contributed by atoms with Crippen LogP contribution in [0.1, 0.15) is 12.8 Å². The Kier molecular flexibility index (Phi) is 3.44. The lowest BCUT2D eigenvalue weighted by Crippen LogP contribution is -2.48. The third kappa shape index (κ3) is 2.31. The highest BCUT2D eigenvalue weighted by Crippen LogP contribution is 2.40. The van der Waals surface area contributed by atoms with Crippen molar-refractivity contribution in [1.82, 2.24) is 4.90 Å². The zero-order valence-electron chi connectivity index (χ0n) is 11.5. The quantitative estimate of drug-likeness (QED) is 0.673. The molecule has 2 bridgehead atoms. The standard InChI is InChI=1S/C14H18N2O5/c15-12(17)7-3-5-16(6-4-7)13(18)10-8-1-2-9(21-8)11(10)14(19)20/h1-2,7-11H,3-6H2,(H2,15,17)(H,19,20). The Hall–Kier alpha value is -1.89. The minimum absolute atomic E-state index is 0.192. The Morgan fingerprint density at radius 2 is 1.67 bits per heavy atom. The second-order valence-corrected chi connectivity index (χ2v) is 5.84. The van der Waals surface area contributed by atoms with E-state index in [9.17, 15) is 19.5 Å². The van der Waals surface area contributed by atoms with E-state index in [1.54, 1.807) is 17.1 Å². The molecule has 3 aliphatic rings. The summed E-state index contributed by atoms with van der Waals surface area (Å²) in [5.41, 5.74) is 5.27. The number of piperidine rings is 1. The molecule has 0 spiro atoms. The minimum atomic E-state index is -1.00. The normalized spacial score (nSPS) is 35.1. The topological polar surface area (TPSA) is 110 Å². The van der Waals surface area contributed by atoms with Gasteiger partial charge in [-0.3, -0.25) is 14.4 Å². The summed E-state index contributed by atoms with van der Waals surface area (Å²) in [4.78, 5) is 36.8. The number of rotatable bonds is 3. The molecule has 3 rings (SSSR count). The molecule has 2 saturated heterocycles. The average molecular weight is 294 g/mol. The largest absolute Gasteiger partial charge is 0.481 e. The molecule has 7 heteroatoms. The molecular weight excluding hydrogens is 276 g/mol. The minimum Gasteiger partial charge on any atom is -0.481 e. The van der Waals surface area contributed by atoms with Gasteiger partial charge < -0.3 is 20.5 Å². The Morgan fingerprint density at radius 3 is 2.19 bits per heavy atom. The van der Waals surface area contributed by atoms with E-state index < -0.39 is 30.0 Å². The number of carboxylic acid groups (broad SMARTS) is 1. The van der Waals surface area contributed by atoms with Crippen LogP contribution in [0.25, 0.3) is 0 Å². The van der Waals surface area contributed by atoms with Crippen molar-refractivity contribution in [2.75, 3.05) is 13.1 Å². The van der Waals surface area contributed by atoms with Gasteiger partial charge in [0, 0.05) is 19.0 Å². The molecule has 0 saturated carbocycles. The molecule has 7 nitrogen and oxygen atoms in total. The summed E-state index contributed by atoms with van der Waals surface area (Å²) in [5.74, 6) is -3.21. The smallest absolute Gasteiger partial charge is 0.310 e. The first kappa shape index (κ1) is 14.1. The molecule has 0 aromatic carbocycles. The number of aliphatic carboxylic acids is 1. The molecule has 0 aromatic rings. The van der Waals surface area contributed by atoms with E-state index in [1.807, 2.05) is 0 Å². The number of hydrogen-bond acceptors (Lipinski definition) is 4. The van der Waals surface area contributed by atoms with E-state index in [1.165, 1.54) is 0 Å². The van der Waals surface area contributed by atoms with E-state index >= 15 is 0 Å². The second-order valence-electron chi connectivity index (χ2n) is 5.84. The third-order valence-corrected chi connectivity index (χ3v) is 4.68. The summed E-state index contributed by atoms with van der Waals surface area (Å²) in [6, 6.07) is 0. The van der Waals surface area contributed by atoms with Crippen molar-refractivity contribution >= 4 is 17.8 Å². The van der Waals surface area contributed by atoms with Crippen molar-refractivity contribution < 1.29 is 24.2 Å². The molecule has 0 aromatic heterocycles. The summed E-state index contributed by atoms with van der Waals surface area (Å²) >= 11 is 0. The number of nitrogens with two attached hydrogens (primary N) is 1. The number of carboxylic acids is 1. The number of primary amides is 1. The first-order valence-electron chi connectivity index (χ1n) is 7.13. The second kappa shape index (κ2) is 5.14. The van der Waals surface area contributed by atoms with Crippen LogP contribution in [-0.4, -0.2) is 53.1 Å². The van der Waals surface area contributed by atoms with E-state index in [0.29, 0.717) is 25.9 Å². The number of ether oxygens (including phenoxy) is 1. The summed E-state index contributed by atoms with van der Waals surface area (Å²) < 4.78 is 5.52. The van der Waals surface area contributed by atoms with Crippen molar-refractivity contribution in [2.45, 2.75) is 25.0 Å². The van der Waals surface area contributed by atoms with Gasteiger partial charge in [0.15, 0.2) is 0 Å². The van der Waals surface area contributed by atoms with Gasteiger partial charge in [-0.1, -0.05) is 12.2 Å². The predicted octanol–water partition coefficient (Wildman–Crippen LogP) is -0.635. The fourth-order valence-corrected chi connectivity index (χ4v) is 3.49. The van der Waals surface area contributed by atoms with Crippen LogP contribution in [0.4, 0.5) is 0 Å². The van der Waals surface area contributed by atoms with Crippen molar-refractivity contribution in [3.8, 4) is 0 Å². The molecular formula is C14H18N2O5. The van der Waals surface area contributed by atoms with Crippen LogP contribution in [0, 0.1) is 17.8 Å². The molecule has 3 aliphatic heterocycles. The molecule has 2 fully saturated rings. The van der Waals surface area contributed by atoms with Crippen molar-refractivity contribution in [1.29, 1.82) is 0 Å². The van der Waals surface area contributed by atoms with Crippen molar-refractivity contribution in [3.05, 3.63) is 12.2 Å². The Balaban J connectivity index is 1.70. The highest BCUT2D eigenvalue weighted by molar-refractivity contribution is 5.87. The van der Waals surface area contributed by atoms with Gasteiger partial charge in [-0.15, -0.1) is 0 Å². The molecule has 2 amide bonds. The molecule has 0 radical (unpaired) electrons. The number of likely N-dealkylation sites (tertiary alicyclic amines) is 1. The summed E-state index contributed by atoms with van der Waals surface area (Å²) in [6.45, 7) is 0.882. The lowest BCUT2D eigenvalue weighted by molar-refractivity contribution is -0.150. The van der Waals surface area contributed by atoms with Gasteiger partial charge in [0.25, 0.3) is 0 Å². The fourth-order valence-electron chi connectivity index (χ4n) is 3.49. The summed E-state index contributed by atoms with van der Waals surface area (Å²) in [5, 5.41) is 9.32. The predicted molar refractivity (Wildman–Crippen MR) is 70.9 cm³/mol. The third-order valence-electron chi connectivity index (χ3n) is 4.68. The number of carbonyl (C=O) groups is 3. The van der Waals surface area contributed by atoms with Crippen LogP contribution in [0.2, 0.25) is 0 Å². The number of nitrogens with zero attached hydrogens (tertiary/aromatic N) is 1. The number of hydrogen-bond donors (Lipinski definition) is 2. The van der Waals surface area contributed by atoms with Gasteiger partial charge >= 0.3 is 5.97 Å². The van der Waals surface area contributed by atoms with Gasteiger partial charge in [-0.05, 0) is 12.8 Å². The zero-order chi connectivity index (χ0) is 15.1. The van der Waals surface area contributed by atoms with Crippen LogP contribution in [0.5, 0.6) is 0 Å². The fraction of sp³-hybridized carbons (Fsp3) is 0.643. The van der Waals surface area contributed by atoms with E-state index in [4.69, 9.17) is 10.5 Å². The monoisotopic (exact) mass is 294 g/mol. The summed E-state index contributed by atoms with van der Waals surface area (Å²) in [7, 11) is 0. The first-order chi connectivity index (χ1) is 9.99. The molecule has 0 aliphatic carbocycles. The number of carbonyl (C=O) groups excluding carboxylic acids is 2. The first-order valence-corrected chi connectivity index (χ1v) is 7.13. The maximum Gasteiger partial charge on any atom is 0.310 e. The maximum atomic E-state index is 12.6. The lowest BCUT2D eigenvalue weighted by Gasteiger charge is -2.34. The van der Waals surface area contributed by atoms with Gasteiger partial charge in [-0.25, -0.2) is 0 Å². The zero-order valence-corrected chi connectivity index (χ0v) is 11.5. The van der Waals surface area contributed by atoms with Crippen LogP contribution in [0.3, 0.4) is 0 Å². The van der Waals surface area contributed by atoms with E-state index in [-0.39, 0.29) is 17.7 Å². The lowest BCUT2D eigenvalue weighted by atomic mass is 9.81. The van der Waals surface area contributed by atoms with E-state index in [0.717, 1.165) is 0 Å². The van der Waals surface area contributed by atoms with Crippen LogP contribution in [-0.2, 0) is 19.1 Å². The Bertz CT molecular complexity index is 509. The van der Waals surface area contributed by atoms with Crippen LogP contribution in [0.15, 0.2) is 12.2 Å². The SMILES string of the molecule is NC(=O)C1CCN(C(=O)C2C3C=CC(O3)C2C(=O)O)CC1.